The van der Waals surface area contributed by atoms with Crippen molar-refractivity contribution < 1.29 is 9.53 Å². The van der Waals surface area contributed by atoms with Crippen molar-refractivity contribution in [1.29, 1.82) is 5.41 Å². The molecule has 1 amide bonds. The molecule has 33 heavy (non-hydrogen) atoms. The highest BCUT2D eigenvalue weighted by Gasteiger charge is 2.15. The summed E-state index contributed by atoms with van der Waals surface area (Å²) in [5.74, 6) is 0.873. The van der Waals surface area contributed by atoms with Crippen molar-refractivity contribution in [2.24, 2.45) is 0 Å². The molecular weight excluding hydrogens is 529 g/mol. The number of hydrogen-bond acceptors (Lipinski definition) is 5. The van der Waals surface area contributed by atoms with Gasteiger partial charge in [-0.15, -0.1) is 0 Å². The van der Waals surface area contributed by atoms with Gasteiger partial charge in [-0.1, -0.05) is 46.9 Å². The number of halogens is 1. The molecule has 0 aliphatic carbocycles. The number of benzene rings is 2. The maximum atomic E-state index is 12.9. The van der Waals surface area contributed by atoms with Crippen LogP contribution in [0.25, 0.3) is 0 Å². The Morgan fingerprint density at radius 2 is 1.82 bits per heavy atom. The summed E-state index contributed by atoms with van der Waals surface area (Å²) in [6, 6.07) is 19.2. The molecule has 3 aromatic rings. The lowest BCUT2D eigenvalue weighted by atomic mass is 10.1. The van der Waals surface area contributed by atoms with E-state index in [1.54, 1.807) is 6.20 Å². The Kier molecular flexibility index (Phi) is 7.90. The third-order valence-corrected chi connectivity index (χ3v) is 6.33. The number of carbonyl (C=O) groups is 1. The smallest absolute Gasteiger partial charge is 0.257 e. The van der Waals surface area contributed by atoms with Crippen LogP contribution in [0, 0.1) is 5.41 Å². The first kappa shape index (κ1) is 23.2. The van der Waals surface area contributed by atoms with Crippen LogP contribution in [0.15, 0.2) is 66.9 Å². The van der Waals surface area contributed by atoms with Gasteiger partial charge in [0.25, 0.3) is 5.91 Å². The van der Waals surface area contributed by atoms with Gasteiger partial charge >= 0.3 is 0 Å². The largest absolute Gasteiger partial charge is 0.381 e. The lowest BCUT2D eigenvalue weighted by Gasteiger charge is -2.29. The first-order valence-electron chi connectivity index (χ1n) is 10.8. The predicted octanol–water partition coefficient (Wildman–Crippen LogP) is 4.54. The molecule has 1 aliphatic heterocycles. The third kappa shape index (κ3) is 6.08. The number of amidine groups is 1. The molecule has 3 N–H and O–H groups in total. The zero-order chi connectivity index (χ0) is 23.0. The molecule has 1 fully saturated rings. The number of pyridine rings is 1. The summed E-state index contributed by atoms with van der Waals surface area (Å²) in [4.78, 5) is 19.2. The van der Waals surface area contributed by atoms with E-state index in [2.05, 4.69) is 38.2 Å². The number of carbonyl (C=O) groups excluding carboxylic acids is 1. The van der Waals surface area contributed by atoms with Crippen LogP contribution in [0.3, 0.4) is 0 Å². The summed E-state index contributed by atoms with van der Waals surface area (Å²) in [7, 11) is 0. The second-order valence-corrected chi connectivity index (χ2v) is 8.44. The van der Waals surface area contributed by atoms with Crippen LogP contribution in [0.4, 0.5) is 11.5 Å². The minimum atomic E-state index is -0.184. The van der Waals surface area contributed by atoms with Crippen LogP contribution in [-0.4, -0.2) is 47.9 Å². The van der Waals surface area contributed by atoms with Crippen LogP contribution in [0.2, 0.25) is 0 Å². The Hall–Kier alpha value is -2.98. The van der Waals surface area contributed by atoms with Crippen molar-refractivity contribution in [2.75, 3.05) is 36.9 Å². The molecule has 1 saturated heterocycles. The fourth-order valence-corrected chi connectivity index (χ4v) is 4.02. The quantitative estimate of drug-likeness (QED) is 0.173. The van der Waals surface area contributed by atoms with E-state index in [0.717, 1.165) is 39.9 Å². The van der Waals surface area contributed by atoms with Gasteiger partial charge in [0.05, 0.1) is 13.2 Å². The van der Waals surface area contributed by atoms with Gasteiger partial charge in [-0.3, -0.25) is 10.2 Å². The lowest BCUT2D eigenvalue weighted by molar-refractivity contribution is 0.0680. The minimum Gasteiger partial charge on any atom is -0.381 e. The van der Waals surface area contributed by atoms with Gasteiger partial charge < -0.3 is 20.3 Å². The highest BCUT2D eigenvalue weighted by Crippen LogP contribution is 2.17. The van der Waals surface area contributed by atoms with Gasteiger partial charge in [-0.05, 0) is 47.5 Å². The van der Waals surface area contributed by atoms with E-state index in [1.165, 1.54) is 0 Å². The number of nitrogens with one attached hydrogen (secondary N) is 3. The van der Waals surface area contributed by atoms with Crippen LogP contribution >= 0.6 is 22.6 Å². The molecule has 1 aliphatic rings. The summed E-state index contributed by atoms with van der Waals surface area (Å²) in [6.07, 6.45) is 1.78. The van der Waals surface area contributed by atoms with Gasteiger partial charge in [0.15, 0.2) is 0 Å². The second-order valence-electron chi connectivity index (χ2n) is 7.68. The third-order valence-electron chi connectivity index (χ3n) is 5.45. The zero-order valence-corrected chi connectivity index (χ0v) is 20.3. The predicted molar refractivity (Wildman–Crippen MR) is 139 cm³/mol. The van der Waals surface area contributed by atoms with Crippen molar-refractivity contribution in [1.82, 2.24) is 9.88 Å². The van der Waals surface area contributed by atoms with Gasteiger partial charge in [0, 0.05) is 47.1 Å². The van der Waals surface area contributed by atoms with Gasteiger partial charge in [-0.25, -0.2) is 4.98 Å². The number of morpholine rings is 1. The number of nitrogens with zero attached hydrogens (tertiary/aromatic N) is 2. The van der Waals surface area contributed by atoms with Crippen LogP contribution in [0.5, 0.6) is 0 Å². The Morgan fingerprint density at radius 1 is 1.06 bits per heavy atom. The number of anilines is 2. The zero-order valence-electron chi connectivity index (χ0n) is 18.2. The molecule has 0 atom stereocenters. The van der Waals surface area contributed by atoms with Gasteiger partial charge in [0.2, 0.25) is 0 Å². The van der Waals surface area contributed by atoms with Crippen molar-refractivity contribution in [3.63, 3.8) is 0 Å². The fraction of sp³-hybridized carbons (Fsp3) is 0.240. The number of alkyl halides is 1. The van der Waals surface area contributed by atoms with E-state index >= 15 is 0 Å². The summed E-state index contributed by atoms with van der Waals surface area (Å²) >= 11 is 2.28. The van der Waals surface area contributed by atoms with Crippen LogP contribution < -0.4 is 10.6 Å². The fourth-order valence-electron chi connectivity index (χ4n) is 3.57. The van der Waals surface area contributed by atoms with Crippen molar-refractivity contribution >= 4 is 45.8 Å². The first-order valence-corrected chi connectivity index (χ1v) is 12.3. The normalized spacial score (nSPS) is 13.4. The molecule has 0 spiro atoms. The summed E-state index contributed by atoms with van der Waals surface area (Å²) in [6.45, 7) is 3.32. The Labute approximate surface area is 207 Å². The molecule has 0 radical (unpaired) electrons. The average Bonchev–Trinajstić information content (AvgIpc) is 2.88. The second kappa shape index (κ2) is 11.2. The number of hydrogen-bond donors (Lipinski definition) is 3. The highest BCUT2D eigenvalue weighted by molar-refractivity contribution is 14.1. The number of amides is 1. The standard InChI is InChI=1S/C25H26IN5O2/c26-15-18-5-10-23(29-16-18)30-25(32)22-4-2-1-3-20(22)17-28-21-8-6-19(7-9-21)24(27)31-11-13-33-14-12-31/h1-10,16,27-28H,11-15,17H2,(H,29,30,32). The molecule has 2 heterocycles. The molecule has 2 aromatic carbocycles. The van der Waals surface area contributed by atoms with Crippen molar-refractivity contribution in [3.8, 4) is 0 Å². The van der Waals surface area contributed by atoms with Crippen molar-refractivity contribution in [3.05, 3.63) is 89.1 Å². The molecule has 0 bridgehead atoms. The van der Waals surface area contributed by atoms with Crippen molar-refractivity contribution in [2.45, 2.75) is 11.0 Å². The lowest BCUT2D eigenvalue weighted by Crippen LogP contribution is -2.40. The van der Waals surface area contributed by atoms with E-state index in [4.69, 9.17) is 10.1 Å². The first-order chi connectivity index (χ1) is 16.1. The molecule has 0 unspecified atom stereocenters. The van der Waals surface area contributed by atoms with Crippen LogP contribution in [-0.2, 0) is 15.7 Å². The number of aromatic nitrogens is 1. The van der Waals surface area contributed by atoms with E-state index in [9.17, 15) is 4.79 Å². The molecule has 0 saturated carbocycles. The molecule has 1 aromatic heterocycles. The molecule has 7 nitrogen and oxygen atoms in total. The topological polar surface area (TPSA) is 90.3 Å². The number of ether oxygens (including phenoxy) is 1. The van der Waals surface area contributed by atoms with E-state index in [-0.39, 0.29) is 5.91 Å². The molecular formula is C25H26IN5O2. The summed E-state index contributed by atoms with van der Waals surface area (Å²) in [5.41, 5.74) is 4.42. The monoisotopic (exact) mass is 555 g/mol. The van der Waals surface area contributed by atoms with Gasteiger partial charge in [0.1, 0.15) is 11.7 Å². The maximum Gasteiger partial charge on any atom is 0.257 e. The summed E-state index contributed by atoms with van der Waals surface area (Å²) in [5, 5.41) is 14.7. The van der Waals surface area contributed by atoms with E-state index in [1.807, 2.05) is 65.6 Å². The Morgan fingerprint density at radius 3 is 2.52 bits per heavy atom. The minimum absolute atomic E-state index is 0.184. The maximum absolute atomic E-state index is 12.9. The molecule has 8 heteroatoms. The SMILES string of the molecule is N=C(c1ccc(NCc2ccccc2C(=O)Nc2ccc(CI)cn2)cc1)N1CCOCC1. The highest BCUT2D eigenvalue weighted by atomic mass is 127. The number of rotatable bonds is 7. The van der Waals surface area contributed by atoms with Crippen LogP contribution in [0.1, 0.15) is 27.0 Å². The Bertz CT molecular complexity index is 1100. The summed E-state index contributed by atoms with van der Waals surface area (Å²) < 4.78 is 6.25. The molecule has 170 valence electrons. The molecule has 4 rings (SSSR count). The Balaban J connectivity index is 1.38. The van der Waals surface area contributed by atoms with Gasteiger partial charge in [-0.2, -0.15) is 0 Å². The van der Waals surface area contributed by atoms with E-state index < -0.39 is 0 Å². The van der Waals surface area contributed by atoms with E-state index in [0.29, 0.717) is 37.0 Å². The average molecular weight is 555 g/mol.